The maximum Gasteiger partial charge on any atom is 0.414 e. The van der Waals surface area contributed by atoms with E-state index in [1.165, 1.54) is 11.3 Å². The van der Waals surface area contributed by atoms with Gasteiger partial charge in [0, 0.05) is 11.1 Å². The van der Waals surface area contributed by atoms with Crippen LogP contribution in [0.1, 0.15) is 30.1 Å². The number of quaternary nitrogens is 1. The molecule has 1 aromatic heterocycles. The molecule has 3 N–H and O–H groups in total. The molecule has 1 atom stereocenters. The first-order valence-corrected chi connectivity index (χ1v) is 10.4. The predicted octanol–water partition coefficient (Wildman–Crippen LogP) is 1.31. The second-order valence-corrected chi connectivity index (χ2v) is 7.49. The van der Waals surface area contributed by atoms with Crippen LogP contribution >= 0.6 is 11.3 Å². The van der Waals surface area contributed by atoms with Crippen molar-refractivity contribution in [2.45, 2.75) is 33.7 Å². The van der Waals surface area contributed by atoms with Gasteiger partial charge in [-0.2, -0.15) is 0 Å². The summed E-state index contributed by atoms with van der Waals surface area (Å²) in [6.07, 6.45) is -0.535. The minimum atomic E-state index is -0.733. The number of nitrogens with one attached hydrogen (secondary N) is 3. The molecule has 3 amide bonds. The summed E-state index contributed by atoms with van der Waals surface area (Å²) in [5.74, 6) is -0.517. The summed E-state index contributed by atoms with van der Waals surface area (Å²) in [4.78, 5) is 40.9. The highest BCUT2D eigenvalue weighted by Gasteiger charge is 2.18. The Balaban J connectivity index is 1.84. The highest BCUT2D eigenvalue weighted by molar-refractivity contribution is 7.09. The summed E-state index contributed by atoms with van der Waals surface area (Å²) in [5, 5.41) is 7.67. The van der Waals surface area contributed by atoms with Crippen LogP contribution in [0.3, 0.4) is 0 Å². The van der Waals surface area contributed by atoms with Gasteiger partial charge in [-0.1, -0.05) is 17.7 Å². The van der Waals surface area contributed by atoms with Crippen LogP contribution in [0, 0.1) is 6.92 Å². The summed E-state index contributed by atoms with van der Waals surface area (Å²) in [6.45, 7) is 7.19. The number of amides is 3. The Morgan fingerprint density at radius 1 is 1.14 bits per heavy atom. The molecule has 0 fully saturated rings. The number of aromatic nitrogens is 1. The van der Waals surface area contributed by atoms with Crippen molar-refractivity contribution >= 4 is 34.9 Å². The average Bonchev–Trinajstić information content (AvgIpc) is 3.09. The lowest BCUT2D eigenvalue weighted by molar-refractivity contribution is -0.904. The topological polar surface area (TPSA) is 102 Å². The zero-order valence-electron chi connectivity index (χ0n) is 16.9. The molecule has 0 bridgehead atoms. The number of benzene rings is 1. The fourth-order valence-electron chi connectivity index (χ4n) is 2.61. The van der Waals surface area contributed by atoms with Crippen molar-refractivity contribution in [1.82, 2.24) is 10.3 Å². The molecule has 0 aliphatic rings. The van der Waals surface area contributed by atoms with Crippen molar-refractivity contribution in [3.05, 3.63) is 45.9 Å². The molecule has 2 rings (SSSR count). The van der Waals surface area contributed by atoms with Gasteiger partial charge >= 0.3 is 6.09 Å². The first kappa shape index (κ1) is 22.5. The Morgan fingerprint density at radius 3 is 2.52 bits per heavy atom. The molecule has 156 valence electrons. The number of anilines is 1. The minimum absolute atomic E-state index is 0.122. The Hall–Kier alpha value is -2.78. The molecule has 0 aliphatic carbocycles. The number of carbonyl (C=O) groups excluding carboxylic acids is 3. The second-order valence-electron chi connectivity index (χ2n) is 6.55. The number of imide groups is 1. The summed E-state index contributed by atoms with van der Waals surface area (Å²) in [7, 11) is 0. The number of alkyl carbamates (subject to hydrolysis) is 1. The van der Waals surface area contributed by atoms with Crippen LogP contribution in [0.5, 0.6) is 0 Å². The Labute approximate surface area is 174 Å². The lowest BCUT2D eigenvalue weighted by Crippen LogP contribution is -3.11. The van der Waals surface area contributed by atoms with Gasteiger partial charge in [0.25, 0.3) is 5.91 Å². The molecule has 8 nitrogen and oxygen atoms in total. The Kier molecular flexibility index (Phi) is 8.75. The quantitative estimate of drug-likeness (QED) is 0.569. The zero-order valence-corrected chi connectivity index (χ0v) is 17.7. The van der Waals surface area contributed by atoms with Gasteiger partial charge < -0.3 is 15.0 Å². The van der Waals surface area contributed by atoms with Crippen LogP contribution in [-0.2, 0) is 27.3 Å². The van der Waals surface area contributed by atoms with E-state index in [-0.39, 0.29) is 25.5 Å². The second kappa shape index (κ2) is 11.3. The summed E-state index contributed by atoms with van der Waals surface area (Å²) < 4.78 is 4.71. The monoisotopic (exact) mass is 419 g/mol. The van der Waals surface area contributed by atoms with E-state index in [1.54, 1.807) is 6.92 Å². The number of nitrogens with zero attached hydrogens (tertiary/aromatic N) is 1. The van der Waals surface area contributed by atoms with Crippen LogP contribution in [0.4, 0.5) is 10.5 Å². The lowest BCUT2D eigenvalue weighted by Gasteiger charge is -2.15. The van der Waals surface area contributed by atoms with Crippen LogP contribution in [0.25, 0.3) is 0 Å². The van der Waals surface area contributed by atoms with Crippen molar-refractivity contribution in [3.8, 4) is 0 Å². The third-order valence-electron chi connectivity index (χ3n) is 4.11. The molecule has 29 heavy (non-hydrogen) atoms. The van der Waals surface area contributed by atoms with E-state index < -0.39 is 12.0 Å². The van der Waals surface area contributed by atoms with Crippen molar-refractivity contribution in [3.63, 3.8) is 0 Å². The lowest BCUT2D eigenvalue weighted by atomic mass is 10.2. The first-order chi connectivity index (χ1) is 13.9. The normalized spacial score (nSPS) is 11.6. The fraction of sp³-hybridized carbons (Fsp3) is 0.400. The van der Waals surface area contributed by atoms with Crippen molar-refractivity contribution in [1.29, 1.82) is 0 Å². The van der Waals surface area contributed by atoms with E-state index in [4.69, 9.17) is 4.74 Å². The molecule has 0 saturated heterocycles. The highest BCUT2D eigenvalue weighted by Crippen LogP contribution is 2.12. The van der Waals surface area contributed by atoms with Gasteiger partial charge in [-0.05, 0) is 32.9 Å². The van der Waals surface area contributed by atoms with Gasteiger partial charge in [0.2, 0.25) is 5.91 Å². The molecule has 0 saturated carbocycles. The standard InChI is InChI=1S/C20H26N4O4S/c1-4-24(12-18(26)23-20(27)28-5-2)11-16-13-29-19(22-16)10-17(25)21-15-8-6-14(3)7-9-15/h6-9,13H,4-5,10-12H2,1-3H3,(H,21,25)(H,23,26,27)/p+1. The molecule has 0 spiro atoms. The number of thiazole rings is 1. The molecule has 1 unspecified atom stereocenters. The van der Waals surface area contributed by atoms with E-state index in [0.29, 0.717) is 13.1 Å². The molecular formula is C20H27N4O4S+. The number of aryl methyl sites for hydroxylation is 1. The SMILES string of the molecule is CCOC(=O)NC(=O)C[NH+](CC)Cc1csc(CC(=O)Nc2ccc(C)cc2)n1. The Morgan fingerprint density at radius 2 is 1.86 bits per heavy atom. The van der Waals surface area contributed by atoms with Gasteiger partial charge in [0.05, 0.1) is 19.6 Å². The number of ether oxygens (including phenoxy) is 1. The summed E-state index contributed by atoms with van der Waals surface area (Å²) in [5.41, 5.74) is 2.70. The molecule has 9 heteroatoms. The van der Waals surface area contributed by atoms with Crippen LogP contribution < -0.4 is 15.5 Å². The highest BCUT2D eigenvalue weighted by atomic mass is 32.1. The third kappa shape index (κ3) is 8.00. The third-order valence-corrected chi connectivity index (χ3v) is 5.00. The summed E-state index contributed by atoms with van der Waals surface area (Å²) >= 11 is 1.42. The summed E-state index contributed by atoms with van der Waals surface area (Å²) in [6, 6.07) is 7.61. The van der Waals surface area contributed by atoms with Crippen molar-refractivity contribution < 1.29 is 24.0 Å². The Bertz CT molecular complexity index is 835. The van der Waals surface area contributed by atoms with E-state index in [9.17, 15) is 14.4 Å². The van der Waals surface area contributed by atoms with E-state index in [1.807, 2.05) is 43.5 Å². The number of rotatable bonds is 9. The van der Waals surface area contributed by atoms with E-state index in [0.717, 1.165) is 26.9 Å². The van der Waals surface area contributed by atoms with E-state index in [2.05, 4.69) is 15.6 Å². The van der Waals surface area contributed by atoms with Crippen LogP contribution in [0.2, 0.25) is 0 Å². The zero-order chi connectivity index (χ0) is 21.2. The molecule has 1 heterocycles. The number of hydrogen-bond acceptors (Lipinski definition) is 6. The first-order valence-electron chi connectivity index (χ1n) is 9.49. The molecule has 0 radical (unpaired) electrons. The number of likely N-dealkylation sites (N-methyl/N-ethyl adjacent to an activating group) is 1. The van der Waals surface area contributed by atoms with Gasteiger partial charge in [-0.15, -0.1) is 11.3 Å². The van der Waals surface area contributed by atoms with Crippen molar-refractivity contribution in [2.75, 3.05) is 25.0 Å². The minimum Gasteiger partial charge on any atom is -0.450 e. The van der Waals surface area contributed by atoms with E-state index >= 15 is 0 Å². The van der Waals surface area contributed by atoms with Gasteiger partial charge in [0.1, 0.15) is 17.2 Å². The maximum absolute atomic E-state index is 12.2. The van der Waals surface area contributed by atoms with Crippen LogP contribution in [0.15, 0.2) is 29.6 Å². The number of carbonyl (C=O) groups is 3. The van der Waals surface area contributed by atoms with Gasteiger partial charge in [-0.25, -0.2) is 9.78 Å². The van der Waals surface area contributed by atoms with Crippen molar-refractivity contribution in [2.24, 2.45) is 0 Å². The predicted molar refractivity (Wildman–Crippen MR) is 111 cm³/mol. The molecule has 0 aliphatic heterocycles. The largest absolute Gasteiger partial charge is 0.450 e. The molecule has 1 aromatic carbocycles. The average molecular weight is 420 g/mol. The van der Waals surface area contributed by atoms with Gasteiger partial charge in [0.15, 0.2) is 6.54 Å². The smallest absolute Gasteiger partial charge is 0.414 e. The number of hydrogen-bond donors (Lipinski definition) is 3. The fourth-order valence-corrected chi connectivity index (χ4v) is 3.40. The molecular weight excluding hydrogens is 392 g/mol. The molecule has 2 aromatic rings. The van der Waals surface area contributed by atoms with Crippen LogP contribution in [-0.4, -0.2) is 42.6 Å². The maximum atomic E-state index is 12.2. The van der Waals surface area contributed by atoms with Gasteiger partial charge in [-0.3, -0.25) is 14.9 Å².